The summed E-state index contributed by atoms with van der Waals surface area (Å²) in [6, 6.07) is 0. The molecule has 1 saturated carbocycles. The Labute approximate surface area is 122 Å². The molecule has 0 aromatic rings. The SMILES string of the molecule is C=CCN(CC1CCCCC1)C(=O)CN(C)S(C)(=O)=O. The monoisotopic (exact) mass is 302 g/mol. The minimum atomic E-state index is -3.32. The van der Waals surface area contributed by atoms with Crippen molar-refractivity contribution in [1.29, 1.82) is 0 Å². The molecule has 116 valence electrons. The molecule has 0 bridgehead atoms. The molecule has 0 aliphatic heterocycles. The maximum Gasteiger partial charge on any atom is 0.238 e. The van der Waals surface area contributed by atoms with Crippen LogP contribution in [0.25, 0.3) is 0 Å². The Morgan fingerprint density at radius 3 is 2.40 bits per heavy atom. The fraction of sp³-hybridized carbons (Fsp3) is 0.786. The summed E-state index contributed by atoms with van der Waals surface area (Å²) < 4.78 is 23.8. The van der Waals surface area contributed by atoms with Crippen LogP contribution in [0.2, 0.25) is 0 Å². The van der Waals surface area contributed by atoms with Gasteiger partial charge in [-0.2, -0.15) is 4.31 Å². The zero-order valence-corrected chi connectivity index (χ0v) is 13.4. The van der Waals surface area contributed by atoms with Crippen molar-refractivity contribution >= 4 is 15.9 Å². The third kappa shape index (κ3) is 5.63. The van der Waals surface area contributed by atoms with Crippen LogP contribution in [0.5, 0.6) is 0 Å². The number of amides is 1. The lowest BCUT2D eigenvalue weighted by Crippen LogP contribution is -2.43. The molecule has 1 rings (SSSR count). The largest absolute Gasteiger partial charge is 0.338 e. The normalized spacial score (nSPS) is 17.1. The molecule has 6 heteroatoms. The van der Waals surface area contributed by atoms with Crippen molar-refractivity contribution in [2.24, 2.45) is 5.92 Å². The average molecular weight is 302 g/mol. The Hall–Kier alpha value is -0.880. The van der Waals surface area contributed by atoms with Gasteiger partial charge in [-0.05, 0) is 18.8 Å². The maximum absolute atomic E-state index is 12.2. The van der Waals surface area contributed by atoms with Crippen molar-refractivity contribution in [1.82, 2.24) is 9.21 Å². The summed E-state index contributed by atoms with van der Waals surface area (Å²) in [5.74, 6) is 0.389. The van der Waals surface area contributed by atoms with E-state index < -0.39 is 10.0 Å². The Morgan fingerprint density at radius 1 is 1.30 bits per heavy atom. The Bertz CT molecular complexity index is 428. The number of hydrogen-bond acceptors (Lipinski definition) is 3. The van der Waals surface area contributed by atoms with E-state index in [0.717, 1.165) is 23.4 Å². The van der Waals surface area contributed by atoms with Gasteiger partial charge in [0, 0.05) is 20.1 Å². The third-order valence-corrected chi connectivity index (χ3v) is 5.09. The van der Waals surface area contributed by atoms with Gasteiger partial charge in [-0.15, -0.1) is 6.58 Å². The second-order valence-electron chi connectivity index (χ2n) is 5.61. The highest BCUT2D eigenvalue weighted by atomic mass is 32.2. The molecule has 1 aliphatic carbocycles. The van der Waals surface area contributed by atoms with Crippen LogP contribution in [-0.4, -0.2) is 56.5 Å². The van der Waals surface area contributed by atoms with E-state index in [0.29, 0.717) is 19.0 Å². The minimum absolute atomic E-state index is 0.0978. The third-order valence-electron chi connectivity index (χ3n) is 3.83. The van der Waals surface area contributed by atoms with Gasteiger partial charge in [-0.3, -0.25) is 4.79 Å². The van der Waals surface area contributed by atoms with Gasteiger partial charge in [-0.25, -0.2) is 8.42 Å². The Morgan fingerprint density at radius 2 is 1.90 bits per heavy atom. The molecule has 0 radical (unpaired) electrons. The fourth-order valence-corrected chi connectivity index (χ4v) is 2.87. The number of sulfonamides is 1. The quantitative estimate of drug-likeness (QED) is 0.669. The lowest BCUT2D eigenvalue weighted by Gasteiger charge is -2.30. The zero-order valence-electron chi connectivity index (χ0n) is 12.5. The highest BCUT2D eigenvalue weighted by molar-refractivity contribution is 7.88. The summed E-state index contributed by atoms with van der Waals surface area (Å²) in [6.07, 6.45) is 8.85. The first kappa shape index (κ1) is 17.2. The van der Waals surface area contributed by atoms with E-state index in [4.69, 9.17) is 0 Å². The van der Waals surface area contributed by atoms with Crippen molar-refractivity contribution in [3.63, 3.8) is 0 Å². The van der Waals surface area contributed by atoms with E-state index in [1.807, 2.05) is 0 Å². The predicted molar refractivity (Wildman–Crippen MR) is 80.8 cm³/mol. The molecule has 1 amide bonds. The van der Waals surface area contributed by atoms with Crippen molar-refractivity contribution in [3.8, 4) is 0 Å². The number of hydrogen-bond donors (Lipinski definition) is 0. The molecule has 0 unspecified atom stereocenters. The molecule has 0 aromatic carbocycles. The molecule has 1 fully saturated rings. The van der Waals surface area contributed by atoms with Gasteiger partial charge in [0.05, 0.1) is 12.8 Å². The van der Waals surface area contributed by atoms with Gasteiger partial charge < -0.3 is 4.90 Å². The number of carbonyl (C=O) groups is 1. The number of rotatable bonds is 7. The van der Waals surface area contributed by atoms with E-state index in [1.54, 1.807) is 11.0 Å². The van der Waals surface area contributed by atoms with Crippen LogP contribution in [0.3, 0.4) is 0 Å². The summed E-state index contributed by atoms with van der Waals surface area (Å²) >= 11 is 0. The lowest BCUT2D eigenvalue weighted by molar-refractivity contribution is -0.131. The van der Waals surface area contributed by atoms with Crippen molar-refractivity contribution < 1.29 is 13.2 Å². The maximum atomic E-state index is 12.2. The molecule has 0 heterocycles. The van der Waals surface area contributed by atoms with Crippen LogP contribution in [0.1, 0.15) is 32.1 Å². The Balaban J connectivity index is 2.59. The molecule has 0 saturated heterocycles. The summed E-state index contributed by atoms with van der Waals surface area (Å²) in [6.45, 7) is 4.77. The van der Waals surface area contributed by atoms with Crippen LogP contribution in [-0.2, 0) is 14.8 Å². The number of carbonyl (C=O) groups excluding carboxylic acids is 1. The molecule has 1 aliphatic rings. The second kappa shape index (κ2) is 7.78. The molecular weight excluding hydrogens is 276 g/mol. The van der Waals surface area contributed by atoms with E-state index >= 15 is 0 Å². The average Bonchev–Trinajstić information content (AvgIpc) is 2.38. The van der Waals surface area contributed by atoms with Crippen LogP contribution >= 0.6 is 0 Å². The first-order chi connectivity index (χ1) is 9.34. The predicted octanol–water partition coefficient (Wildman–Crippen LogP) is 1.47. The minimum Gasteiger partial charge on any atom is -0.338 e. The summed E-state index contributed by atoms with van der Waals surface area (Å²) in [5, 5.41) is 0. The highest BCUT2D eigenvalue weighted by Crippen LogP contribution is 2.24. The molecule has 0 atom stereocenters. The standard InChI is InChI=1S/C14H26N2O3S/c1-4-10-16(11-13-8-6-5-7-9-13)14(17)12-15(2)20(3,18)19/h4,13H,1,5-12H2,2-3H3. The number of nitrogens with zero attached hydrogens (tertiary/aromatic N) is 2. The van der Waals surface area contributed by atoms with Gasteiger partial charge >= 0.3 is 0 Å². The van der Waals surface area contributed by atoms with Gasteiger partial charge in [0.2, 0.25) is 15.9 Å². The van der Waals surface area contributed by atoms with Crippen LogP contribution < -0.4 is 0 Å². The van der Waals surface area contributed by atoms with E-state index in [1.165, 1.54) is 26.3 Å². The summed E-state index contributed by atoms with van der Waals surface area (Å²) in [7, 11) is -1.89. The van der Waals surface area contributed by atoms with Gasteiger partial charge in [0.15, 0.2) is 0 Å². The van der Waals surface area contributed by atoms with Crippen LogP contribution in [0, 0.1) is 5.92 Å². The van der Waals surface area contributed by atoms with Crippen LogP contribution in [0.15, 0.2) is 12.7 Å². The first-order valence-electron chi connectivity index (χ1n) is 7.14. The van der Waals surface area contributed by atoms with Gasteiger partial charge in [0.1, 0.15) is 0 Å². The highest BCUT2D eigenvalue weighted by Gasteiger charge is 2.23. The first-order valence-corrected chi connectivity index (χ1v) is 8.99. The van der Waals surface area contributed by atoms with Crippen molar-refractivity contribution in [2.45, 2.75) is 32.1 Å². The van der Waals surface area contributed by atoms with Crippen molar-refractivity contribution in [2.75, 3.05) is 32.9 Å². The van der Waals surface area contributed by atoms with Crippen molar-refractivity contribution in [3.05, 3.63) is 12.7 Å². The summed E-state index contributed by atoms with van der Waals surface area (Å²) in [4.78, 5) is 14.0. The Kier molecular flexibility index (Phi) is 6.68. The molecule has 0 aromatic heterocycles. The number of likely N-dealkylation sites (N-methyl/N-ethyl adjacent to an activating group) is 1. The van der Waals surface area contributed by atoms with E-state index in [9.17, 15) is 13.2 Å². The molecule has 20 heavy (non-hydrogen) atoms. The second-order valence-corrected chi connectivity index (χ2v) is 7.70. The lowest BCUT2D eigenvalue weighted by atomic mass is 9.89. The molecule has 0 spiro atoms. The summed E-state index contributed by atoms with van der Waals surface area (Å²) in [5.41, 5.74) is 0. The van der Waals surface area contributed by atoms with Gasteiger partial charge in [-0.1, -0.05) is 25.3 Å². The van der Waals surface area contributed by atoms with Gasteiger partial charge in [0.25, 0.3) is 0 Å². The molecule has 5 nitrogen and oxygen atoms in total. The zero-order chi connectivity index (χ0) is 15.2. The molecular formula is C14H26N2O3S. The van der Waals surface area contributed by atoms with E-state index in [-0.39, 0.29) is 12.5 Å². The smallest absolute Gasteiger partial charge is 0.238 e. The topological polar surface area (TPSA) is 57.7 Å². The van der Waals surface area contributed by atoms with Crippen LogP contribution in [0.4, 0.5) is 0 Å². The fourth-order valence-electron chi connectivity index (χ4n) is 2.52. The van der Waals surface area contributed by atoms with E-state index in [2.05, 4.69) is 6.58 Å². The molecule has 0 N–H and O–H groups in total.